The maximum absolute atomic E-state index is 11.1. The summed E-state index contributed by atoms with van der Waals surface area (Å²) in [5.74, 6) is -0.826. The number of carbonyl (C=O) groups is 2. The molecule has 0 aliphatic carbocycles. The SMILES string of the molecule is COC(=O)c1cc(O)c(C=O)c(Br)c1. The molecule has 4 nitrogen and oxygen atoms in total. The van der Waals surface area contributed by atoms with Gasteiger partial charge in [0, 0.05) is 4.47 Å². The number of aldehydes is 1. The maximum atomic E-state index is 11.1. The highest BCUT2D eigenvalue weighted by Gasteiger charge is 2.12. The van der Waals surface area contributed by atoms with E-state index < -0.39 is 5.97 Å². The Morgan fingerprint density at radius 1 is 1.57 bits per heavy atom. The van der Waals surface area contributed by atoms with Gasteiger partial charge in [0.25, 0.3) is 0 Å². The van der Waals surface area contributed by atoms with E-state index in [1.165, 1.54) is 19.2 Å². The van der Waals surface area contributed by atoms with Gasteiger partial charge in [0.1, 0.15) is 5.75 Å². The molecule has 1 rings (SSSR count). The van der Waals surface area contributed by atoms with Crippen LogP contribution in [0.5, 0.6) is 5.75 Å². The van der Waals surface area contributed by atoms with Gasteiger partial charge in [-0.1, -0.05) is 0 Å². The van der Waals surface area contributed by atoms with Gasteiger partial charge in [0.2, 0.25) is 0 Å². The Balaban J connectivity index is 3.27. The largest absolute Gasteiger partial charge is 0.507 e. The molecule has 1 N–H and O–H groups in total. The molecule has 0 saturated heterocycles. The molecule has 0 amide bonds. The molecule has 0 unspecified atom stereocenters. The van der Waals surface area contributed by atoms with E-state index in [9.17, 15) is 14.7 Å². The maximum Gasteiger partial charge on any atom is 0.338 e. The van der Waals surface area contributed by atoms with Crippen molar-refractivity contribution < 1.29 is 19.4 Å². The van der Waals surface area contributed by atoms with Crippen molar-refractivity contribution in [3.05, 3.63) is 27.7 Å². The summed E-state index contributed by atoms with van der Waals surface area (Å²) >= 11 is 3.06. The predicted molar refractivity (Wildman–Crippen MR) is 52.5 cm³/mol. The molecule has 14 heavy (non-hydrogen) atoms. The van der Waals surface area contributed by atoms with Crippen LogP contribution in [-0.4, -0.2) is 24.5 Å². The van der Waals surface area contributed by atoms with Gasteiger partial charge < -0.3 is 9.84 Å². The van der Waals surface area contributed by atoms with E-state index in [4.69, 9.17) is 0 Å². The average Bonchev–Trinajstić information content (AvgIpc) is 2.16. The zero-order valence-corrected chi connectivity index (χ0v) is 8.87. The molecule has 1 aromatic rings. The summed E-state index contributed by atoms with van der Waals surface area (Å²) in [7, 11) is 1.24. The van der Waals surface area contributed by atoms with Crippen molar-refractivity contribution in [1.29, 1.82) is 0 Å². The number of esters is 1. The van der Waals surface area contributed by atoms with Crippen LogP contribution in [0.1, 0.15) is 20.7 Å². The van der Waals surface area contributed by atoms with Crippen LogP contribution in [0.4, 0.5) is 0 Å². The van der Waals surface area contributed by atoms with E-state index in [-0.39, 0.29) is 16.9 Å². The lowest BCUT2D eigenvalue weighted by Gasteiger charge is -2.04. The molecule has 0 aliphatic heterocycles. The van der Waals surface area contributed by atoms with Crippen molar-refractivity contribution in [2.24, 2.45) is 0 Å². The van der Waals surface area contributed by atoms with Gasteiger partial charge in [-0.05, 0) is 28.1 Å². The van der Waals surface area contributed by atoms with Crippen molar-refractivity contribution in [2.45, 2.75) is 0 Å². The zero-order valence-electron chi connectivity index (χ0n) is 7.28. The summed E-state index contributed by atoms with van der Waals surface area (Å²) in [4.78, 5) is 21.6. The third kappa shape index (κ3) is 1.93. The van der Waals surface area contributed by atoms with Crippen LogP contribution in [0.25, 0.3) is 0 Å². The molecule has 0 atom stereocenters. The predicted octanol–water partition coefficient (Wildman–Crippen LogP) is 1.75. The molecular formula is C9H7BrO4. The van der Waals surface area contributed by atoms with Crippen molar-refractivity contribution in [3.8, 4) is 5.75 Å². The number of benzene rings is 1. The first kappa shape index (κ1) is 10.7. The van der Waals surface area contributed by atoms with Crippen LogP contribution in [0.2, 0.25) is 0 Å². The van der Waals surface area contributed by atoms with Crippen LogP contribution in [0.3, 0.4) is 0 Å². The zero-order chi connectivity index (χ0) is 10.7. The first-order valence-corrected chi connectivity index (χ1v) is 4.45. The fraction of sp³-hybridized carbons (Fsp3) is 0.111. The molecule has 0 radical (unpaired) electrons. The summed E-state index contributed by atoms with van der Waals surface area (Å²) in [6.07, 6.45) is 0.500. The van der Waals surface area contributed by atoms with Gasteiger partial charge in [-0.15, -0.1) is 0 Å². The van der Waals surface area contributed by atoms with E-state index in [1.54, 1.807) is 0 Å². The van der Waals surface area contributed by atoms with E-state index >= 15 is 0 Å². The van der Waals surface area contributed by atoms with E-state index in [1.807, 2.05) is 0 Å². The van der Waals surface area contributed by atoms with Crippen LogP contribution in [0, 0.1) is 0 Å². The highest BCUT2D eigenvalue weighted by Crippen LogP contribution is 2.26. The number of methoxy groups -OCH3 is 1. The quantitative estimate of drug-likeness (QED) is 0.649. The van der Waals surface area contributed by atoms with Crippen LogP contribution >= 0.6 is 15.9 Å². The second kappa shape index (κ2) is 4.23. The van der Waals surface area contributed by atoms with Gasteiger partial charge in [-0.3, -0.25) is 4.79 Å². The summed E-state index contributed by atoms with van der Waals surface area (Å²) in [5, 5.41) is 9.35. The van der Waals surface area contributed by atoms with Crippen molar-refractivity contribution in [1.82, 2.24) is 0 Å². The summed E-state index contributed by atoms with van der Waals surface area (Å²) in [5.41, 5.74) is 0.292. The monoisotopic (exact) mass is 258 g/mol. The number of aromatic hydroxyl groups is 1. The number of phenols is 1. The van der Waals surface area contributed by atoms with E-state index in [0.29, 0.717) is 10.8 Å². The third-order valence-electron chi connectivity index (χ3n) is 1.65. The molecule has 0 heterocycles. The molecule has 0 fully saturated rings. The summed E-state index contributed by atoms with van der Waals surface area (Å²) in [6.45, 7) is 0. The Morgan fingerprint density at radius 3 is 2.64 bits per heavy atom. The minimum absolute atomic E-state index is 0.109. The van der Waals surface area contributed by atoms with Crippen LogP contribution < -0.4 is 0 Å². The summed E-state index contributed by atoms with van der Waals surface area (Å²) < 4.78 is 4.82. The normalized spacial score (nSPS) is 9.57. The number of hydrogen-bond acceptors (Lipinski definition) is 4. The molecule has 0 aliphatic rings. The molecule has 0 saturated carbocycles. The first-order valence-electron chi connectivity index (χ1n) is 3.66. The Kier molecular flexibility index (Phi) is 3.24. The minimum Gasteiger partial charge on any atom is -0.507 e. The Labute approximate surface area is 88.6 Å². The number of halogens is 1. The van der Waals surface area contributed by atoms with Crippen LogP contribution in [-0.2, 0) is 4.74 Å². The number of carbonyl (C=O) groups excluding carboxylic acids is 2. The number of hydrogen-bond donors (Lipinski definition) is 1. The lowest BCUT2D eigenvalue weighted by Crippen LogP contribution is -2.01. The van der Waals surface area contributed by atoms with Gasteiger partial charge in [-0.25, -0.2) is 4.79 Å². The number of rotatable bonds is 2. The van der Waals surface area contributed by atoms with Gasteiger partial charge in [-0.2, -0.15) is 0 Å². The molecule has 1 aromatic carbocycles. The van der Waals surface area contributed by atoms with Crippen molar-refractivity contribution >= 4 is 28.2 Å². The first-order chi connectivity index (χ1) is 6.60. The lowest BCUT2D eigenvalue weighted by atomic mass is 10.1. The smallest absolute Gasteiger partial charge is 0.338 e. The molecular weight excluding hydrogens is 252 g/mol. The Hall–Kier alpha value is -1.36. The fourth-order valence-electron chi connectivity index (χ4n) is 0.956. The Bertz CT molecular complexity index is 363. The molecule has 0 bridgehead atoms. The van der Waals surface area contributed by atoms with Crippen molar-refractivity contribution in [2.75, 3.05) is 7.11 Å². The van der Waals surface area contributed by atoms with Gasteiger partial charge in [0.15, 0.2) is 6.29 Å². The Morgan fingerprint density at radius 2 is 2.21 bits per heavy atom. The number of phenolic OH excluding ortho intramolecular Hbond substituents is 1. The van der Waals surface area contributed by atoms with Crippen molar-refractivity contribution in [3.63, 3.8) is 0 Å². The highest BCUT2D eigenvalue weighted by atomic mass is 79.9. The number of ether oxygens (including phenoxy) is 1. The second-order valence-corrected chi connectivity index (χ2v) is 3.35. The van der Waals surface area contributed by atoms with Crippen LogP contribution in [0.15, 0.2) is 16.6 Å². The van der Waals surface area contributed by atoms with E-state index in [0.717, 1.165) is 0 Å². The molecule has 0 spiro atoms. The average molecular weight is 259 g/mol. The van der Waals surface area contributed by atoms with Gasteiger partial charge in [0.05, 0.1) is 18.2 Å². The second-order valence-electron chi connectivity index (χ2n) is 2.50. The minimum atomic E-state index is -0.571. The van der Waals surface area contributed by atoms with E-state index in [2.05, 4.69) is 20.7 Å². The fourth-order valence-corrected chi connectivity index (χ4v) is 1.50. The highest BCUT2D eigenvalue weighted by molar-refractivity contribution is 9.10. The summed E-state index contributed by atoms with van der Waals surface area (Å²) in [6, 6.07) is 2.59. The third-order valence-corrected chi connectivity index (χ3v) is 2.30. The standard InChI is InChI=1S/C9H7BrO4/c1-14-9(13)5-2-7(10)6(4-11)8(12)3-5/h2-4,12H,1H3. The topological polar surface area (TPSA) is 63.6 Å². The van der Waals surface area contributed by atoms with Gasteiger partial charge >= 0.3 is 5.97 Å². The lowest BCUT2D eigenvalue weighted by molar-refractivity contribution is 0.0600. The molecule has 0 aromatic heterocycles. The molecule has 74 valence electrons. The molecule has 5 heteroatoms.